The van der Waals surface area contributed by atoms with Crippen LogP contribution in [0.2, 0.25) is 10.0 Å². The number of hydrogen-bond donors (Lipinski definition) is 0. The maximum atomic E-state index is 13.1. The molecule has 10 heteroatoms. The number of aryl methyl sites for hydroxylation is 7. The van der Waals surface area contributed by atoms with Crippen LogP contribution < -0.4 is 0 Å². The van der Waals surface area contributed by atoms with Gasteiger partial charge in [-0.05, 0) is 224 Å². The Morgan fingerprint density at radius 1 is 0.293 bits per heavy atom. The summed E-state index contributed by atoms with van der Waals surface area (Å²) in [6.07, 6.45) is -4.24. The molecule has 0 unspecified atom stereocenters. The summed E-state index contributed by atoms with van der Waals surface area (Å²) in [5.74, 6) is 1.10. The molecule has 0 aromatic heterocycles. The lowest BCUT2D eigenvalue weighted by Gasteiger charge is -2.12. The highest BCUT2D eigenvalue weighted by atomic mass is 35.5. The molecule has 0 amide bonds. The van der Waals surface area contributed by atoms with E-state index in [9.17, 15) is 35.1 Å². The van der Waals surface area contributed by atoms with Gasteiger partial charge in [0.25, 0.3) is 0 Å². The number of benzene rings is 8. The molecule has 0 atom stereocenters. The summed E-state index contributed by atoms with van der Waals surface area (Å²) in [5, 5.41) is 1.70. The predicted octanol–water partition coefficient (Wildman–Crippen LogP) is 28.9. The van der Waals surface area contributed by atoms with E-state index in [2.05, 4.69) is 143 Å². The van der Waals surface area contributed by atoms with Crippen molar-refractivity contribution in [3.8, 4) is 0 Å². The molecule has 0 fully saturated rings. The molecule has 508 valence electrons. The third kappa shape index (κ3) is 33.6. The molecule has 0 spiro atoms. The summed E-state index contributed by atoms with van der Waals surface area (Å²) < 4.78 is 102. The van der Waals surface area contributed by atoms with E-state index in [0.29, 0.717) is 40.4 Å². The monoisotopic (exact) mass is 1320 g/mol. The fourth-order valence-electron chi connectivity index (χ4n) is 8.66. The van der Waals surface area contributed by atoms with Crippen LogP contribution >= 0.6 is 23.2 Å². The van der Waals surface area contributed by atoms with E-state index in [4.69, 9.17) is 23.2 Å². The summed E-state index contributed by atoms with van der Waals surface area (Å²) in [6.45, 7) is 46.1. The quantitative estimate of drug-likeness (QED) is 0.133. The molecule has 0 radical (unpaired) electrons. The van der Waals surface area contributed by atoms with E-state index in [-0.39, 0.29) is 61.5 Å². The van der Waals surface area contributed by atoms with Crippen molar-refractivity contribution >= 4 is 23.2 Å². The van der Waals surface area contributed by atoms with Crippen LogP contribution in [0.15, 0.2) is 152 Å². The molecule has 8 aromatic rings. The summed E-state index contributed by atoms with van der Waals surface area (Å²) >= 11 is 11.8. The standard InChI is InChI=1S/C11H13F3.2C10H13Cl.C10H12F2.C10H13F.2C10H14.C9H10F2.2CH4/c1-7(2)9-4-8(3)5-10(6-9)11(12,13)14;1-7(2)9-4-8(3)5-10(11)6-9;1-7(2)9-4-5-10(11)8(3)6-9;1-6(2)10-8(11)4-7(3)5-9(10)12;1-7(2)9-5-4-8(3)6-10(9)11;2*1-8(2)10-6-4-9(3)5-7-10;1-6(2)8-5-7(10)3-4-9(8)11;;/h4-7H,1-3H3;2*4-7H,1-3H3;4-6H,1-3H3;4-7H,1-3H3;2*4-8H,1-3H3;3-6H,1-2H3;2*1H4. The van der Waals surface area contributed by atoms with Gasteiger partial charge in [-0.3, -0.25) is 0 Å². The second-order valence-corrected chi connectivity index (χ2v) is 26.4. The molecule has 92 heavy (non-hydrogen) atoms. The van der Waals surface area contributed by atoms with Gasteiger partial charge in [0.1, 0.15) is 29.1 Å². The van der Waals surface area contributed by atoms with Crippen LogP contribution in [0.1, 0.15) is 262 Å². The topological polar surface area (TPSA) is 0 Å². The number of halogens is 10. The van der Waals surface area contributed by atoms with Crippen LogP contribution in [0.3, 0.4) is 0 Å². The Kier molecular flexibility index (Phi) is 41.0. The van der Waals surface area contributed by atoms with Gasteiger partial charge in [0.05, 0.1) is 5.56 Å². The van der Waals surface area contributed by atoms with Crippen LogP contribution in [0.25, 0.3) is 0 Å². The van der Waals surface area contributed by atoms with Gasteiger partial charge in [-0.15, -0.1) is 0 Å². The first-order chi connectivity index (χ1) is 41.6. The average molecular weight is 1320 g/mol. The van der Waals surface area contributed by atoms with Gasteiger partial charge < -0.3 is 0 Å². The van der Waals surface area contributed by atoms with Crippen molar-refractivity contribution in [2.24, 2.45) is 0 Å². The molecular formula is C82H110Cl2F8. The van der Waals surface area contributed by atoms with E-state index < -0.39 is 23.4 Å². The average Bonchev–Trinajstić information content (AvgIpc) is 0.955. The molecule has 0 aliphatic carbocycles. The van der Waals surface area contributed by atoms with Crippen molar-refractivity contribution in [2.75, 3.05) is 0 Å². The lowest BCUT2D eigenvalue weighted by Crippen LogP contribution is -2.06. The first-order valence-corrected chi connectivity index (χ1v) is 31.9. The summed E-state index contributed by atoms with van der Waals surface area (Å²) in [4.78, 5) is 0. The Morgan fingerprint density at radius 2 is 0.674 bits per heavy atom. The van der Waals surface area contributed by atoms with E-state index >= 15 is 0 Å². The maximum absolute atomic E-state index is 13.1. The van der Waals surface area contributed by atoms with Gasteiger partial charge >= 0.3 is 6.18 Å². The highest BCUT2D eigenvalue weighted by Gasteiger charge is 2.31. The zero-order chi connectivity index (χ0) is 69.1. The Hall–Kier alpha value is -6.22. The SMILES string of the molecule is C.C.CC(C)c1cc(F)ccc1F.Cc1cc(C(C)C)cc(C(F)(F)F)c1.Cc1cc(C(C)C)ccc1Cl.Cc1cc(Cl)cc(C(C)C)c1.Cc1cc(F)c(C(C)C)c(F)c1.Cc1ccc(C(C)C)c(F)c1.Cc1ccc(C(C)C)cc1.Cc1ccc(C(C)C)cc1. The molecular weight excluding hydrogens is 1210 g/mol. The first kappa shape index (κ1) is 87.8. The van der Waals surface area contributed by atoms with Crippen molar-refractivity contribution < 1.29 is 35.1 Å². The van der Waals surface area contributed by atoms with Crippen LogP contribution in [-0.4, -0.2) is 0 Å². The Bertz CT molecular complexity index is 3270. The van der Waals surface area contributed by atoms with E-state index in [1.165, 1.54) is 69.3 Å². The minimum absolute atomic E-state index is 0. The van der Waals surface area contributed by atoms with Gasteiger partial charge in [-0.25, -0.2) is 22.0 Å². The molecule has 0 heterocycles. The summed E-state index contributed by atoms with van der Waals surface area (Å²) in [7, 11) is 0. The lowest BCUT2D eigenvalue weighted by atomic mass is 9.98. The second-order valence-electron chi connectivity index (χ2n) is 25.6. The zero-order valence-electron chi connectivity index (χ0n) is 57.8. The minimum atomic E-state index is -4.24. The smallest absolute Gasteiger partial charge is 0.207 e. The number of alkyl halides is 3. The fourth-order valence-corrected chi connectivity index (χ4v) is 9.07. The minimum Gasteiger partial charge on any atom is -0.207 e. The summed E-state index contributed by atoms with van der Waals surface area (Å²) in [6, 6.07) is 45.6. The van der Waals surface area contributed by atoms with Crippen LogP contribution in [0.4, 0.5) is 35.1 Å². The molecule has 0 aliphatic heterocycles. The normalized spacial score (nSPS) is 10.6. The van der Waals surface area contributed by atoms with Gasteiger partial charge in [0.15, 0.2) is 0 Å². The third-order valence-corrected chi connectivity index (χ3v) is 15.0. The zero-order valence-corrected chi connectivity index (χ0v) is 59.3. The highest BCUT2D eigenvalue weighted by molar-refractivity contribution is 6.31. The summed E-state index contributed by atoms with van der Waals surface area (Å²) in [5.41, 5.74) is 14.4. The molecule has 8 rings (SSSR count). The highest BCUT2D eigenvalue weighted by Crippen LogP contribution is 2.33. The predicted molar refractivity (Wildman–Crippen MR) is 386 cm³/mol. The largest absolute Gasteiger partial charge is 0.416 e. The number of rotatable bonds is 8. The Balaban J connectivity index is 0. The van der Waals surface area contributed by atoms with E-state index in [0.717, 1.165) is 44.4 Å². The van der Waals surface area contributed by atoms with E-state index in [1.807, 2.05) is 85.7 Å². The van der Waals surface area contributed by atoms with Gasteiger partial charge in [-0.2, -0.15) is 13.2 Å². The van der Waals surface area contributed by atoms with Crippen molar-refractivity contribution in [3.05, 3.63) is 280 Å². The molecule has 0 nitrogen and oxygen atoms in total. The van der Waals surface area contributed by atoms with Gasteiger partial charge in [0, 0.05) is 15.6 Å². The Morgan fingerprint density at radius 3 is 1.03 bits per heavy atom. The van der Waals surface area contributed by atoms with Crippen molar-refractivity contribution in [3.63, 3.8) is 0 Å². The van der Waals surface area contributed by atoms with Crippen LogP contribution in [0.5, 0.6) is 0 Å². The van der Waals surface area contributed by atoms with Gasteiger partial charge in [0.2, 0.25) is 0 Å². The van der Waals surface area contributed by atoms with E-state index in [1.54, 1.807) is 39.8 Å². The molecule has 0 N–H and O–H groups in total. The first-order valence-electron chi connectivity index (χ1n) is 31.2. The van der Waals surface area contributed by atoms with Crippen LogP contribution in [-0.2, 0) is 6.18 Å². The maximum Gasteiger partial charge on any atom is 0.416 e. The fraction of sp³-hybridized carbons (Fsp3) is 0.415. The second kappa shape index (κ2) is 42.9. The molecule has 8 aromatic carbocycles. The van der Waals surface area contributed by atoms with Gasteiger partial charge in [-0.1, -0.05) is 250 Å². The van der Waals surface area contributed by atoms with Crippen molar-refractivity contribution in [2.45, 2.75) is 228 Å². The molecule has 0 bridgehead atoms. The number of hydrogen-bond acceptors (Lipinski definition) is 0. The lowest BCUT2D eigenvalue weighted by molar-refractivity contribution is -0.137. The van der Waals surface area contributed by atoms with Crippen molar-refractivity contribution in [1.82, 2.24) is 0 Å². The Labute approximate surface area is 562 Å². The van der Waals surface area contributed by atoms with Crippen LogP contribution in [0, 0.1) is 77.6 Å². The third-order valence-electron chi connectivity index (χ3n) is 14.3. The van der Waals surface area contributed by atoms with Crippen molar-refractivity contribution in [1.29, 1.82) is 0 Å². The molecule has 0 saturated heterocycles. The molecule has 0 aliphatic rings. The molecule has 0 saturated carbocycles.